The molecule has 2 amide bonds. The molecule has 2 N–H and O–H groups in total. The second-order valence-corrected chi connectivity index (χ2v) is 9.16. The molecule has 0 aliphatic rings. The molecule has 0 saturated heterocycles. The molecule has 0 heterocycles. The van der Waals surface area contributed by atoms with Gasteiger partial charge in [0.1, 0.15) is 0 Å². The van der Waals surface area contributed by atoms with Gasteiger partial charge in [-0.05, 0) is 48.7 Å². The van der Waals surface area contributed by atoms with Crippen molar-refractivity contribution in [2.45, 2.75) is 38.1 Å². The average molecular weight is 464 g/mol. The van der Waals surface area contributed by atoms with Crippen molar-refractivity contribution in [3.63, 3.8) is 0 Å². The topological polar surface area (TPSA) is 97.0 Å². The summed E-state index contributed by atoms with van der Waals surface area (Å²) in [6.45, 7) is 6.76. The van der Waals surface area contributed by atoms with E-state index in [4.69, 9.17) is 9.47 Å². The van der Waals surface area contributed by atoms with Crippen LogP contribution < -0.4 is 20.1 Å². The predicted octanol–water partition coefficient (Wildman–Crippen LogP) is 3.34. The van der Waals surface area contributed by atoms with E-state index >= 15 is 0 Å². The minimum absolute atomic E-state index is 0.247. The molecule has 2 aromatic carbocycles. The molecule has 0 aliphatic carbocycles. The van der Waals surface area contributed by atoms with Crippen molar-refractivity contribution in [2.75, 3.05) is 33.9 Å². The van der Waals surface area contributed by atoms with E-state index in [0.29, 0.717) is 37.6 Å². The summed E-state index contributed by atoms with van der Waals surface area (Å²) >= 11 is 0. The summed E-state index contributed by atoms with van der Waals surface area (Å²) in [4.78, 5) is 12.5. The van der Waals surface area contributed by atoms with Gasteiger partial charge in [-0.3, -0.25) is 0 Å². The number of sulfonamides is 1. The second-order valence-electron chi connectivity index (χ2n) is 7.22. The predicted molar refractivity (Wildman–Crippen MR) is 125 cm³/mol. The summed E-state index contributed by atoms with van der Waals surface area (Å²) in [5.41, 5.74) is 1.83. The van der Waals surface area contributed by atoms with Crippen LogP contribution in [0.5, 0.6) is 11.5 Å². The van der Waals surface area contributed by atoms with Crippen LogP contribution in [0.1, 0.15) is 37.9 Å². The Morgan fingerprint density at radius 1 is 1.00 bits per heavy atom. The zero-order valence-corrected chi connectivity index (χ0v) is 20.2. The first-order valence-electron chi connectivity index (χ1n) is 10.6. The fourth-order valence-electron chi connectivity index (χ4n) is 3.33. The van der Waals surface area contributed by atoms with Gasteiger partial charge >= 0.3 is 6.03 Å². The lowest BCUT2D eigenvalue weighted by Gasteiger charge is -2.19. The number of hydrogen-bond acceptors (Lipinski definition) is 5. The molecule has 176 valence electrons. The van der Waals surface area contributed by atoms with Gasteiger partial charge < -0.3 is 20.1 Å². The largest absolute Gasteiger partial charge is 0.493 e. The normalized spacial score (nSPS) is 12.3. The quantitative estimate of drug-likeness (QED) is 0.533. The Labute approximate surface area is 191 Å². The molecule has 0 aromatic heterocycles. The number of carbonyl (C=O) groups is 1. The fourth-order valence-corrected chi connectivity index (χ4v) is 4.79. The molecule has 8 nitrogen and oxygen atoms in total. The van der Waals surface area contributed by atoms with E-state index in [1.807, 2.05) is 39.0 Å². The SMILES string of the molecule is CCN(CC)S(=O)(=O)c1ccc([C@@H](C)NC(=O)NCCc2ccc(OC)c(OC)c2)cc1. The lowest BCUT2D eigenvalue weighted by Crippen LogP contribution is -2.38. The Morgan fingerprint density at radius 3 is 2.19 bits per heavy atom. The van der Waals surface area contributed by atoms with Crippen LogP contribution in [0.15, 0.2) is 47.4 Å². The van der Waals surface area contributed by atoms with Crippen LogP contribution >= 0.6 is 0 Å². The second kappa shape index (κ2) is 11.7. The highest BCUT2D eigenvalue weighted by Crippen LogP contribution is 2.27. The van der Waals surface area contributed by atoms with Crippen LogP contribution in [0.4, 0.5) is 4.79 Å². The van der Waals surface area contributed by atoms with E-state index in [2.05, 4.69) is 10.6 Å². The standard InChI is InChI=1S/C23H33N3O5S/c1-6-26(7-2)32(28,29)20-11-9-19(10-12-20)17(3)25-23(27)24-15-14-18-8-13-21(30-4)22(16-18)31-5/h8-13,16-17H,6-7,14-15H2,1-5H3,(H2,24,25,27)/t17-/m1/s1. The fraction of sp³-hybridized carbons (Fsp3) is 0.435. The smallest absolute Gasteiger partial charge is 0.315 e. The maximum atomic E-state index is 12.6. The van der Waals surface area contributed by atoms with Gasteiger partial charge in [0.15, 0.2) is 11.5 Å². The molecule has 2 rings (SSSR count). The summed E-state index contributed by atoms with van der Waals surface area (Å²) in [5, 5.41) is 5.71. The number of amides is 2. The van der Waals surface area contributed by atoms with Crippen LogP contribution in [-0.2, 0) is 16.4 Å². The van der Waals surface area contributed by atoms with Crippen molar-refractivity contribution < 1.29 is 22.7 Å². The van der Waals surface area contributed by atoms with Crippen LogP contribution in [0, 0.1) is 0 Å². The summed E-state index contributed by atoms with van der Waals surface area (Å²) in [6, 6.07) is 11.7. The van der Waals surface area contributed by atoms with Crippen molar-refractivity contribution in [1.29, 1.82) is 0 Å². The van der Waals surface area contributed by atoms with Gasteiger partial charge in [-0.1, -0.05) is 32.0 Å². The number of nitrogens with one attached hydrogen (secondary N) is 2. The Balaban J connectivity index is 1.90. The first-order chi connectivity index (χ1) is 15.3. The first-order valence-corrected chi connectivity index (χ1v) is 12.1. The zero-order valence-electron chi connectivity index (χ0n) is 19.3. The Kier molecular flexibility index (Phi) is 9.34. The zero-order chi connectivity index (χ0) is 23.7. The first kappa shape index (κ1) is 25.5. The van der Waals surface area contributed by atoms with E-state index in [0.717, 1.165) is 11.1 Å². The number of rotatable bonds is 11. The number of methoxy groups -OCH3 is 2. The molecule has 0 fully saturated rings. The lowest BCUT2D eigenvalue weighted by molar-refractivity contribution is 0.238. The minimum atomic E-state index is -3.50. The van der Waals surface area contributed by atoms with Gasteiger partial charge in [0.25, 0.3) is 0 Å². The highest BCUT2D eigenvalue weighted by Gasteiger charge is 2.21. The van der Waals surface area contributed by atoms with Gasteiger partial charge in [0.05, 0.1) is 25.2 Å². The molecular formula is C23H33N3O5S. The van der Waals surface area contributed by atoms with E-state index in [1.54, 1.807) is 38.5 Å². The van der Waals surface area contributed by atoms with Crippen molar-refractivity contribution in [1.82, 2.24) is 14.9 Å². The summed E-state index contributed by atoms with van der Waals surface area (Å²) < 4.78 is 37.1. The molecule has 0 bridgehead atoms. The third-order valence-corrected chi connectivity index (χ3v) is 7.28. The molecular weight excluding hydrogens is 430 g/mol. The van der Waals surface area contributed by atoms with Crippen molar-refractivity contribution in [3.8, 4) is 11.5 Å². The van der Waals surface area contributed by atoms with E-state index in [1.165, 1.54) is 4.31 Å². The molecule has 32 heavy (non-hydrogen) atoms. The summed E-state index contributed by atoms with van der Waals surface area (Å²) in [5.74, 6) is 1.31. The van der Waals surface area contributed by atoms with Crippen LogP contribution in [0.25, 0.3) is 0 Å². The van der Waals surface area contributed by atoms with Gasteiger partial charge in [-0.25, -0.2) is 13.2 Å². The monoisotopic (exact) mass is 463 g/mol. The third-order valence-electron chi connectivity index (χ3n) is 5.22. The molecule has 1 atom stereocenters. The minimum Gasteiger partial charge on any atom is -0.493 e. The molecule has 9 heteroatoms. The van der Waals surface area contributed by atoms with Gasteiger partial charge in [-0.15, -0.1) is 0 Å². The van der Waals surface area contributed by atoms with Crippen molar-refractivity contribution >= 4 is 16.1 Å². The van der Waals surface area contributed by atoms with E-state index in [-0.39, 0.29) is 17.0 Å². The number of carbonyl (C=O) groups excluding carboxylic acids is 1. The van der Waals surface area contributed by atoms with Gasteiger partial charge in [-0.2, -0.15) is 4.31 Å². The Morgan fingerprint density at radius 2 is 1.62 bits per heavy atom. The Bertz CT molecular complexity index is 989. The van der Waals surface area contributed by atoms with Crippen LogP contribution in [0.2, 0.25) is 0 Å². The van der Waals surface area contributed by atoms with Crippen LogP contribution in [-0.4, -0.2) is 52.6 Å². The van der Waals surface area contributed by atoms with Gasteiger partial charge in [0.2, 0.25) is 10.0 Å². The summed E-state index contributed by atoms with van der Waals surface area (Å²) in [7, 11) is -0.329. The number of benzene rings is 2. The molecule has 0 saturated carbocycles. The number of ether oxygens (including phenoxy) is 2. The van der Waals surface area contributed by atoms with Crippen molar-refractivity contribution in [2.24, 2.45) is 0 Å². The Hall–Kier alpha value is -2.78. The molecule has 2 aromatic rings. The van der Waals surface area contributed by atoms with Gasteiger partial charge in [0, 0.05) is 19.6 Å². The average Bonchev–Trinajstić information content (AvgIpc) is 2.79. The highest BCUT2D eigenvalue weighted by atomic mass is 32.2. The third kappa shape index (κ3) is 6.37. The van der Waals surface area contributed by atoms with E-state index in [9.17, 15) is 13.2 Å². The van der Waals surface area contributed by atoms with Crippen molar-refractivity contribution in [3.05, 3.63) is 53.6 Å². The highest BCUT2D eigenvalue weighted by molar-refractivity contribution is 7.89. The molecule has 0 unspecified atom stereocenters. The lowest BCUT2D eigenvalue weighted by atomic mass is 10.1. The summed E-state index contributed by atoms with van der Waals surface area (Å²) in [6.07, 6.45) is 0.639. The number of urea groups is 1. The van der Waals surface area contributed by atoms with Crippen LogP contribution in [0.3, 0.4) is 0 Å². The maximum Gasteiger partial charge on any atom is 0.315 e. The molecule has 0 spiro atoms. The number of hydrogen-bond donors (Lipinski definition) is 2. The molecule has 0 aliphatic heterocycles. The maximum absolute atomic E-state index is 12.6. The number of nitrogens with zero attached hydrogens (tertiary/aromatic N) is 1. The molecule has 0 radical (unpaired) electrons. The van der Waals surface area contributed by atoms with E-state index < -0.39 is 10.0 Å².